The van der Waals surface area contributed by atoms with E-state index in [2.05, 4.69) is 32.4 Å². The Morgan fingerprint density at radius 1 is 1.00 bits per heavy atom. The molecule has 43 heavy (non-hydrogen) atoms. The van der Waals surface area contributed by atoms with Gasteiger partial charge in [-0.25, -0.2) is 4.98 Å². The summed E-state index contributed by atoms with van der Waals surface area (Å²) in [6.45, 7) is 0.617. The van der Waals surface area contributed by atoms with Gasteiger partial charge in [-0.3, -0.25) is 0 Å². The number of pyridine rings is 1. The van der Waals surface area contributed by atoms with E-state index in [0.29, 0.717) is 41.2 Å². The minimum atomic E-state index is -4.33. The van der Waals surface area contributed by atoms with E-state index in [9.17, 15) is 18.3 Å². The number of hydrogen-bond acceptors (Lipinski definition) is 10. The zero-order chi connectivity index (χ0) is 30.9. The van der Waals surface area contributed by atoms with Crippen LogP contribution in [-0.4, -0.2) is 79.8 Å². The molecule has 9 nitrogen and oxygen atoms in total. The van der Waals surface area contributed by atoms with E-state index < -0.39 is 18.7 Å². The molecule has 3 unspecified atom stereocenters. The van der Waals surface area contributed by atoms with E-state index in [1.54, 1.807) is 14.2 Å². The first-order valence-corrected chi connectivity index (χ1v) is 14.6. The third-order valence-corrected chi connectivity index (χ3v) is 8.68. The molecule has 0 radical (unpaired) electrons. The molecule has 3 atom stereocenters. The van der Waals surface area contributed by atoms with Gasteiger partial charge in [-0.2, -0.15) is 23.1 Å². The molecule has 13 heteroatoms. The summed E-state index contributed by atoms with van der Waals surface area (Å²) < 4.78 is 49.9. The summed E-state index contributed by atoms with van der Waals surface area (Å²) in [5.74, 6) is 1.91. The zero-order valence-corrected chi connectivity index (χ0v) is 25.5. The number of aliphatic hydroxyl groups excluding tert-OH is 1. The summed E-state index contributed by atoms with van der Waals surface area (Å²) in [7, 11) is 8.69. The maximum atomic E-state index is 13.1. The number of nitrogens with zero attached hydrogens (tertiary/aromatic N) is 5. The Hall–Kier alpha value is -3.68. The van der Waals surface area contributed by atoms with Crippen LogP contribution in [0.25, 0.3) is 21.3 Å². The molecule has 0 amide bonds. The number of thiophene rings is 1. The van der Waals surface area contributed by atoms with Crippen LogP contribution >= 0.6 is 11.3 Å². The van der Waals surface area contributed by atoms with E-state index in [-0.39, 0.29) is 23.0 Å². The molecule has 5 rings (SSSR count). The standard InChI is InChI=1S/C30H35F3N6O3S/c1-38(2)27-25(41-4)10-19(16-35-27)18-8-6-17(7-9-18)15-34-20-11-23(24(40)12-20)39(3)26-22-13-21(14-30(31,32)33)43-28(22)37-29(36-26)42-5/h6-10,13,16,20,23-24,34,40H,11-12,14-15H2,1-5H3. The van der Waals surface area contributed by atoms with Crippen LogP contribution in [0, 0.1) is 0 Å². The zero-order valence-electron chi connectivity index (χ0n) is 24.6. The number of anilines is 2. The molecular formula is C30H35F3N6O3S. The van der Waals surface area contributed by atoms with Crippen molar-refractivity contribution in [3.63, 3.8) is 0 Å². The highest BCUT2D eigenvalue weighted by molar-refractivity contribution is 7.18. The van der Waals surface area contributed by atoms with Crippen LogP contribution < -0.4 is 24.6 Å². The van der Waals surface area contributed by atoms with Crippen molar-refractivity contribution in [2.75, 3.05) is 45.2 Å². The molecular weight excluding hydrogens is 581 g/mol. The fraction of sp³-hybridized carbons (Fsp3) is 0.433. The van der Waals surface area contributed by atoms with Gasteiger partial charge in [0.05, 0.1) is 38.2 Å². The van der Waals surface area contributed by atoms with Crippen molar-refractivity contribution in [1.82, 2.24) is 20.3 Å². The van der Waals surface area contributed by atoms with Crippen molar-refractivity contribution in [2.24, 2.45) is 0 Å². The van der Waals surface area contributed by atoms with E-state index >= 15 is 0 Å². The van der Waals surface area contributed by atoms with Gasteiger partial charge in [0, 0.05) is 50.4 Å². The number of likely N-dealkylation sites (N-methyl/N-ethyl adjacent to an activating group) is 1. The molecule has 230 valence electrons. The Morgan fingerprint density at radius 3 is 2.40 bits per heavy atom. The Morgan fingerprint density at radius 2 is 1.74 bits per heavy atom. The Kier molecular flexibility index (Phi) is 8.95. The van der Waals surface area contributed by atoms with Crippen LogP contribution in [0.15, 0.2) is 42.6 Å². The molecule has 4 aromatic rings. The van der Waals surface area contributed by atoms with Gasteiger partial charge in [0.15, 0.2) is 11.6 Å². The molecule has 0 spiro atoms. The number of rotatable bonds is 10. The summed E-state index contributed by atoms with van der Waals surface area (Å²) in [6.07, 6.45) is -3.02. The second kappa shape index (κ2) is 12.5. The summed E-state index contributed by atoms with van der Waals surface area (Å²) in [4.78, 5) is 17.6. The van der Waals surface area contributed by atoms with Gasteiger partial charge in [0.25, 0.3) is 0 Å². The molecule has 1 fully saturated rings. The Labute approximate surface area is 252 Å². The van der Waals surface area contributed by atoms with Gasteiger partial charge in [0.1, 0.15) is 10.6 Å². The summed E-state index contributed by atoms with van der Waals surface area (Å²) in [5, 5.41) is 15.0. The maximum absolute atomic E-state index is 13.1. The van der Waals surface area contributed by atoms with E-state index in [4.69, 9.17) is 9.47 Å². The van der Waals surface area contributed by atoms with Crippen molar-refractivity contribution in [1.29, 1.82) is 0 Å². The third-order valence-electron chi connectivity index (χ3n) is 7.65. The molecule has 0 aliphatic heterocycles. The first-order chi connectivity index (χ1) is 20.5. The Bertz CT molecular complexity index is 1560. The number of ether oxygens (including phenoxy) is 2. The van der Waals surface area contributed by atoms with Crippen molar-refractivity contribution in [3.05, 3.63) is 53.0 Å². The number of fused-ring (bicyclic) bond motifs is 1. The fourth-order valence-corrected chi connectivity index (χ4v) is 6.52. The van der Waals surface area contributed by atoms with Gasteiger partial charge in [0.2, 0.25) is 0 Å². The molecule has 1 aromatic carbocycles. The van der Waals surface area contributed by atoms with Crippen molar-refractivity contribution in [2.45, 2.75) is 50.2 Å². The predicted octanol–water partition coefficient (Wildman–Crippen LogP) is 5.06. The molecule has 1 aliphatic rings. The normalized spacial score (nSPS) is 18.7. The van der Waals surface area contributed by atoms with E-state index in [1.807, 2.05) is 48.3 Å². The van der Waals surface area contributed by atoms with Crippen LogP contribution in [0.5, 0.6) is 11.8 Å². The van der Waals surface area contributed by atoms with Crippen molar-refractivity contribution < 1.29 is 27.8 Å². The van der Waals surface area contributed by atoms with Gasteiger partial charge in [-0.15, -0.1) is 11.3 Å². The number of alkyl halides is 3. The van der Waals surface area contributed by atoms with Crippen molar-refractivity contribution >= 4 is 33.2 Å². The Balaban J connectivity index is 1.25. The molecule has 1 saturated carbocycles. The number of nitrogens with one attached hydrogen (secondary N) is 1. The van der Waals surface area contributed by atoms with Crippen molar-refractivity contribution in [3.8, 4) is 22.9 Å². The lowest BCUT2D eigenvalue weighted by atomic mass is 10.0. The topological polar surface area (TPSA) is 95.9 Å². The second-order valence-corrected chi connectivity index (χ2v) is 12.0. The molecule has 0 bridgehead atoms. The lowest BCUT2D eigenvalue weighted by molar-refractivity contribution is -0.126. The number of hydrogen-bond donors (Lipinski definition) is 2. The SMILES string of the molecule is COc1nc(N(C)C2CC(NCc3ccc(-c4cnc(N(C)C)c(OC)c4)cc3)CC2O)c2cc(CC(F)(F)F)sc2n1. The number of aromatic nitrogens is 3. The quantitative estimate of drug-likeness (QED) is 0.254. The van der Waals surface area contributed by atoms with Crippen LogP contribution in [0.4, 0.5) is 24.8 Å². The van der Waals surface area contributed by atoms with Crippen LogP contribution in [-0.2, 0) is 13.0 Å². The second-order valence-electron chi connectivity index (χ2n) is 10.9. The first-order valence-electron chi connectivity index (χ1n) is 13.8. The molecule has 0 saturated heterocycles. The molecule has 2 N–H and O–H groups in total. The monoisotopic (exact) mass is 616 g/mol. The lowest BCUT2D eigenvalue weighted by Crippen LogP contribution is -2.38. The summed E-state index contributed by atoms with van der Waals surface area (Å²) in [6, 6.07) is 11.5. The van der Waals surface area contributed by atoms with Gasteiger partial charge < -0.3 is 29.7 Å². The average Bonchev–Trinajstić information content (AvgIpc) is 3.55. The number of benzene rings is 1. The molecule has 3 aromatic heterocycles. The first kappa shape index (κ1) is 30.8. The minimum Gasteiger partial charge on any atom is -0.493 e. The number of halogens is 3. The smallest absolute Gasteiger partial charge is 0.393 e. The highest BCUT2D eigenvalue weighted by Crippen LogP contribution is 2.37. The lowest BCUT2D eigenvalue weighted by Gasteiger charge is -2.28. The van der Waals surface area contributed by atoms with Crippen LogP contribution in [0.2, 0.25) is 0 Å². The highest BCUT2D eigenvalue weighted by atomic mass is 32.1. The average molecular weight is 617 g/mol. The third kappa shape index (κ3) is 6.94. The number of aliphatic hydroxyl groups is 1. The maximum Gasteiger partial charge on any atom is 0.393 e. The van der Waals surface area contributed by atoms with E-state index in [0.717, 1.165) is 33.8 Å². The van der Waals surface area contributed by atoms with E-state index in [1.165, 1.54) is 13.2 Å². The number of methoxy groups -OCH3 is 2. The van der Waals surface area contributed by atoms with Crippen LogP contribution in [0.3, 0.4) is 0 Å². The van der Waals surface area contributed by atoms with Gasteiger partial charge in [-0.05, 0) is 36.1 Å². The minimum absolute atomic E-state index is 0.0386. The molecule has 1 aliphatic carbocycles. The summed E-state index contributed by atoms with van der Waals surface area (Å²) >= 11 is 0.974. The molecule has 3 heterocycles. The highest BCUT2D eigenvalue weighted by Gasteiger charge is 2.37. The predicted molar refractivity (Wildman–Crippen MR) is 162 cm³/mol. The van der Waals surface area contributed by atoms with Gasteiger partial charge >= 0.3 is 12.2 Å². The van der Waals surface area contributed by atoms with Crippen LogP contribution in [0.1, 0.15) is 23.3 Å². The summed E-state index contributed by atoms with van der Waals surface area (Å²) in [5.41, 5.74) is 3.08. The fourth-order valence-electron chi connectivity index (χ4n) is 5.47. The largest absolute Gasteiger partial charge is 0.493 e. The van der Waals surface area contributed by atoms with Gasteiger partial charge in [-0.1, -0.05) is 24.3 Å².